The van der Waals surface area contributed by atoms with E-state index in [1.807, 2.05) is 51.1 Å². The van der Waals surface area contributed by atoms with E-state index < -0.39 is 6.10 Å². The van der Waals surface area contributed by atoms with E-state index in [0.717, 1.165) is 11.1 Å². The van der Waals surface area contributed by atoms with E-state index in [2.05, 4.69) is 15.5 Å². The van der Waals surface area contributed by atoms with Crippen molar-refractivity contribution in [2.75, 3.05) is 0 Å². The number of benzene rings is 2. The first-order valence-corrected chi connectivity index (χ1v) is 9.45. The van der Waals surface area contributed by atoms with Crippen molar-refractivity contribution in [2.45, 2.75) is 39.8 Å². The molecule has 0 saturated carbocycles. The van der Waals surface area contributed by atoms with E-state index in [1.54, 1.807) is 12.1 Å². The molecule has 146 valence electrons. The number of halogens is 1. The minimum Gasteiger partial charge on any atom is -0.480 e. The molecule has 1 amide bonds. The van der Waals surface area contributed by atoms with Gasteiger partial charge in [-0.1, -0.05) is 47.9 Å². The van der Waals surface area contributed by atoms with Gasteiger partial charge >= 0.3 is 0 Å². The molecule has 1 N–H and O–H groups in total. The standard InChI is InChI=1S/C21H22ClN3O3/c1-4-17(27-18-11-7-8-13(2)14(18)3)21(26)23-12-19-24-20(25-28-19)15-9-5-6-10-16(15)22/h5-11,17H,4,12H2,1-3H3,(H,23,26)/t17-/m1/s1. The number of rotatable bonds is 7. The van der Waals surface area contributed by atoms with Crippen LogP contribution in [-0.2, 0) is 11.3 Å². The third-order valence-corrected chi connectivity index (χ3v) is 4.81. The lowest BCUT2D eigenvalue weighted by Gasteiger charge is -2.18. The maximum Gasteiger partial charge on any atom is 0.261 e. The Bertz CT molecular complexity index is 971. The van der Waals surface area contributed by atoms with Crippen LogP contribution >= 0.6 is 11.6 Å². The van der Waals surface area contributed by atoms with Crippen molar-refractivity contribution in [3.63, 3.8) is 0 Å². The van der Waals surface area contributed by atoms with Crippen LogP contribution in [0.2, 0.25) is 5.02 Å². The molecule has 3 aromatic rings. The van der Waals surface area contributed by atoms with Crippen molar-refractivity contribution < 1.29 is 14.1 Å². The molecule has 28 heavy (non-hydrogen) atoms. The van der Waals surface area contributed by atoms with Crippen molar-refractivity contribution >= 4 is 17.5 Å². The predicted octanol–water partition coefficient (Wildman–Crippen LogP) is 4.48. The summed E-state index contributed by atoms with van der Waals surface area (Å²) in [4.78, 5) is 16.8. The number of aryl methyl sites for hydroxylation is 1. The van der Waals surface area contributed by atoms with Gasteiger partial charge in [-0.05, 0) is 49.6 Å². The molecule has 0 bridgehead atoms. The van der Waals surface area contributed by atoms with Gasteiger partial charge in [0.1, 0.15) is 5.75 Å². The lowest BCUT2D eigenvalue weighted by Crippen LogP contribution is -2.37. The van der Waals surface area contributed by atoms with Gasteiger partial charge in [0.05, 0.1) is 11.6 Å². The Kier molecular flexibility index (Phi) is 6.31. The summed E-state index contributed by atoms with van der Waals surface area (Å²) in [7, 11) is 0. The maximum absolute atomic E-state index is 12.5. The SMILES string of the molecule is CC[C@@H](Oc1cccc(C)c1C)C(=O)NCc1nc(-c2ccccc2Cl)no1. The Labute approximate surface area is 168 Å². The molecule has 0 spiro atoms. The van der Waals surface area contributed by atoms with Crippen LogP contribution in [0, 0.1) is 13.8 Å². The lowest BCUT2D eigenvalue weighted by atomic mass is 10.1. The highest BCUT2D eigenvalue weighted by atomic mass is 35.5. The molecular weight excluding hydrogens is 378 g/mol. The van der Waals surface area contributed by atoms with Crippen LogP contribution in [-0.4, -0.2) is 22.2 Å². The number of ether oxygens (including phenoxy) is 1. The van der Waals surface area contributed by atoms with Crippen LogP contribution in [0.4, 0.5) is 0 Å². The summed E-state index contributed by atoms with van der Waals surface area (Å²) in [6, 6.07) is 13.0. The summed E-state index contributed by atoms with van der Waals surface area (Å²) < 4.78 is 11.1. The molecular formula is C21H22ClN3O3. The van der Waals surface area contributed by atoms with Gasteiger partial charge in [0.25, 0.3) is 5.91 Å². The molecule has 2 aromatic carbocycles. The Morgan fingerprint density at radius 2 is 2.00 bits per heavy atom. The lowest BCUT2D eigenvalue weighted by molar-refractivity contribution is -0.128. The first-order chi connectivity index (χ1) is 13.5. The van der Waals surface area contributed by atoms with Crippen LogP contribution in [0.25, 0.3) is 11.4 Å². The molecule has 1 heterocycles. The Morgan fingerprint density at radius 3 is 2.75 bits per heavy atom. The summed E-state index contributed by atoms with van der Waals surface area (Å²) in [5.41, 5.74) is 2.82. The number of nitrogens with one attached hydrogen (secondary N) is 1. The fourth-order valence-corrected chi connectivity index (χ4v) is 2.90. The molecule has 0 aliphatic heterocycles. The second kappa shape index (κ2) is 8.89. The Balaban J connectivity index is 1.63. The zero-order chi connectivity index (χ0) is 20.1. The molecule has 0 fully saturated rings. The smallest absolute Gasteiger partial charge is 0.261 e. The van der Waals surface area contributed by atoms with Gasteiger partial charge < -0.3 is 14.6 Å². The highest BCUT2D eigenvalue weighted by Gasteiger charge is 2.20. The molecule has 0 aliphatic carbocycles. The molecule has 1 atom stereocenters. The first-order valence-electron chi connectivity index (χ1n) is 9.07. The van der Waals surface area contributed by atoms with Gasteiger partial charge in [-0.25, -0.2) is 0 Å². The topological polar surface area (TPSA) is 77.2 Å². The highest BCUT2D eigenvalue weighted by molar-refractivity contribution is 6.33. The Morgan fingerprint density at radius 1 is 1.21 bits per heavy atom. The largest absolute Gasteiger partial charge is 0.480 e. The summed E-state index contributed by atoms with van der Waals surface area (Å²) in [6.45, 7) is 6.00. The molecule has 1 aromatic heterocycles. The second-order valence-corrected chi connectivity index (χ2v) is 6.83. The predicted molar refractivity (Wildman–Crippen MR) is 107 cm³/mol. The van der Waals surface area contributed by atoms with Gasteiger partial charge in [0.15, 0.2) is 6.10 Å². The van der Waals surface area contributed by atoms with E-state index >= 15 is 0 Å². The Hall–Kier alpha value is -2.86. The third-order valence-electron chi connectivity index (χ3n) is 4.48. The fourth-order valence-electron chi connectivity index (χ4n) is 2.68. The molecule has 0 aliphatic rings. The monoisotopic (exact) mass is 399 g/mol. The van der Waals surface area contributed by atoms with Crippen LogP contribution in [0.3, 0.4) is 0 Å². The molecule has 0 unspecified atom stereocenters. The van der Waals surface area contributed by atoms with Gasteiger partial charge in [-0.2, -0.15) is 4.98 Å². The molecule has 3 rings (SSSR count). The number of aromatic nitrogens is 2. The van der Waals surface area contributed by atoms with Gasteiger partial charge in [-0.15, -0.1) is 0 Å². The number of hydrogen-bond donors (Lipinski definition) is 1. The second-order valence-electron chi connectivity index (χ2n) is 6.42. The van der Waals surface area contributed by atoms with Crippen LogP contribution in [0.15, 0.2) is 47.0 Å². The summed E-state index contributed by atoms with van der Waals surface area (Å²) >= 11 is 6.15. The van der Waals surface area contributed by atoms with Crippen molar-refractivity contribution in [2.24, 2.45) is 0 Å². The van der Waals surface area contributed by atoms with Crippen LogP contribution < -0.4 is 10.1 Å². The molecule has 7 heteroatoms. The number of nitrogens with zero attached hydrogens (tertiary/aromatic N) is 2. The van der Waals surface area contributed by atoms with Crippen LogP contribution in [0.5, 0.6) is 5.75 Å². The van der Waals surface area contributed by atoms with E-state index in [4.69, 9.17) is 20.9 Å². The average Bonchev–Trinajstić information content (AvgIpc) is 3.16. The van der Waals surface area contributed by atoms with Gasteiger partial charge in [-0.3, -0.25) is 4.79 Å². The number of amides is 1. The molecule has 0 radical (unpaired) electrons. The van der Waals surface area contributed by atoms with Crippen molar-refractivity contribution in [3.05, 3.63) is 64.5 Å². The van der Waals surface area contributed by atoms with Crippen LogP contribution in [0.1, 0.15) is 30.4 Å². The molecule has 6 nitrogen and oxygen atoms in total. The van der Waals surface area contributed by atoms with Gasteiger partial charge in [0, 0.05) is 5.56 Å². The maximum atomic E-state index is 12.5. The minimum absolute atomic E-state index is 0.114. The number of carbonyl (C=O) groups is 1. The summed E-state index contributed by atoms with van der Waals surface area (Å²) in [5.74, 6) is 1.15. The third kappa shape index (κ3) is 4.51. The number of hydrogen-bond acceptors (Lipinski definition) is 5. The zero-order valence-corrected chi connectivity index (χ0v) is 16.8. The van der Waals surface area contributed by atoms with Gasteiger partial charge in [0.2, 0.25) is 11.7 Å². The zero-order valence-electron chi connectivity index (χ0n) is 16.0. The first kappa shape index (κ1) is 19.9. The van der Waals surface area contributed by atoms with Crippen molar-refractivity contribution in [1.29, 1.82) is 0 Å². The van der Waals surface area contributed by atoms with Crippen molar-refractivity contribution in [1.82, 2.24) is 15.5 Å². The number of carbonyl (C=O) groups excluding carboxylic acids is 1. The van der Waals surface area contributed by atoms with E-state index in [9.17, 15) is 4.79 Å². The quantitative estimate of drug-likeness (QED) is 0.633. The van der Waals surface area contributed by atoms with Crippen molar-refractivity contribution in [3.8, 4) is 17.1 Å². The van der Waals surface area contributed by atoms with E-state index in [1.165, 1.54) is 0 Å². The fraction of sp³-hybridized carbons (Fsp3) is 0.286. The molecule has 0 saturated heterocycles. The average molecular weight is 400 g/mol. The highest BCUT2D eigenvalue weighted by Crippen LogP contribution is 2.25. The summed E-state index contributed by atoms with van der Waals surface area (Å²) in [6.07, 6.45) is -0.0695. The normalized spacial score (nSPS) is 11.9. The van der Waals surface area contributed by atoms with E-state index in [-0.39, 0.29) is 12.5 Å². The minimum atomic E-state index is -0.605. The van der Waals surface area contributed by atoms with E-state index in [0.29, 0.717) is 34.5 Å². The summed E-state index contributed by atoms with van der Waals surface area (Å²) in [5, 5.41) is 7.25.